The van der Waals surface area contributed by atoms with Crippen LogP contribution in [0.4, 0.5) is 0 Å². The van der Waals surface area contributed by atoms with E-state index < -0.39 is 0 Å². The van der Waals surface area contributed by atoms with Gasteiger partial charge in [-0.25, -0.2) is 18.9 Å². The Balaban J connectivity index is 1.40. The van der Waals surface area contributed by atoms with Gasteiger partial charge in [0.2, 0.25) is 5.91 Å². The molecule has 1 saturated heterocycles. The average Bonchev–Trinajstić information content (AvgIpc) is 3.10. The van der Waals surface area contributed by atoms with Crippen LogP contribution in [-0.2, 0) is 11.3 Å². The van der Waals surface area contributed by atoms with Crippen LogP contribution in [0.25, 0.3) is 16.6 Å². The zero-order chi connectivity index (χ0) is 19.8. The molecule has 5 rings (SSSR count). The molecular formula is C22H21N5O2. The number of carbonyl (C=O) groups excluding carboxylic acids is 1. The Hall–Kier alpha value is -3.48. The van der Waals surface area contributed by atoms with Gasteiger partial charge in [0.05, 0.1) is 5.52 Å². The zero-order valence-electron chi connectivity index (χ0n) is 15.9. The topological polar surface area (TPSA) is 72.5 Å². The van der Waals surface area contributed by atoms with Crippen LogP contribution < -0.4 is 5.69 Å². The van der Waals surface area contributed by atoms with Crippen LogP contribution in [0.15, 0.2) is 65.7 Å². The molecule has 0 spiro atoms. The van der Waals surface area contributed by atoms with Gasteiger partial charge in [-0.1, -0.05) is 42.5 Å². The second-order valence-electron chi connectivity index (χ2n) is 7.49. The second-order valence-corrected chi connectivity index (χ2v) is 7.49. The van der Waals surface area contributed by atoms with Crippen molar-refractivity contribution in [3.63, 3.8) is 0 Å². The average molecular weight is 387 g/mol. The maximum Gasteiger partial charge on any atom is 0.352 e. The summed E-state index contributed by atoms with van der Waals surface area (Å²) in [4.78, 5) is 31.8. The van der Waals surface area contributed by atoms with E-state index in [1.807, 2.05) is 47.4 Å². The van der Waals surface area contributed by atoms with E-state index in [1.165, 1.54) is 21.0 Å². The Morgan fingerprint density at radius 3 is 2.72 bits per heavy atom. The molecule has 0 N–H and O–H groups in total. The number of amides is 1. The predicted octanol–water partition coefficient (Wildman–Crippen LogP) is 2.45. The first-order chi connectivity index (χ1) is 14.2. The molecule has 1 amide bonds. The lowest BCUT2D eigenvalue weighted by molar-refractivity contribution is -0.133. The molecule has 0 radical (unpaired) electrons. The van der Waals surface area contributed by atoms with Crippen molar-refractivity contribution in [3.05, 3.63) is 77.0 Å². The largest absolute Gasteiger partial charge is 0.352 e. The minimum Gasteiger partial charge on any atom is -0.340 e. The molecule has 7 heteroatoms. The summed E-state index contributed by atoms with van der Waals surface area (Å²) >= 11 is 0. The van der Waals surface area contributed by atoms with E-state index in [4.69, 9.17) is 0 Å². The van der Waals surface area contributed by atoms with Crippen LogP contribution in [0.5, 0.6) is 0 Å². The number of nitrogens with zero attached hydrogens (tertiary/aromatic N) is 5. The lowest BCUT2D eigenvalue weighted by atomic mass is 9.90. The molecule has 0 aliphatic carbocycles. The number of para-hydroxylation sites is 1. The van der Waals surface area contributed by atoms with Crippen LogP contribution in [0.2, 0.25) is 0 Å². The third kappa shape index (κ3) is 3.18. The number of carbonyl (C=O) groups is 1. The minimum atomic E-state index is -0.344. The van der Waals surface area contributed by atoms with Crippen LogP contribution in [0, 0.1) is 0 Å². The SMILES string of the molecule is O=C(Cn1nc2c3ccccc3ncn2c1=O)N1CCC[C@H](c2ccccc2)C1. The van der Waals surface area contributed by atoms with Gasteiger partial charge >= 0.3 is 5.69 Å². The van der Waals surface area contributed by atoms with Gasteiger partial charge < -0.3 is 4.90 Å². The smallest absolute Gasteiger partial charge is 0.340 e. The number of piperidine rings is 1. The van der Waals surface area contributed by atoms with E-state index in [2.05, 4.69) is 22.2 Å². The molecule has 0 unspecified atom stereocenters. The number of rotatable bonds is 3. The van der Waals surface area contributed by atoms with Crippen LogP contribution in [0.3, 0.4) is 0 Å². The number of hydrogen-bond donors (Lipinski definition) is 0. The van der Waals surface area contributed by atoms with Gasteiger partial charge in [-0.3, -0.25) is 4.79 Å². The first-order valence-corrected chi connectivity index (χ1v) is 9.86. The Kier molecular flexibility index (Phi) is 4.35. The van der Waals surface area contributed by atoms with E-state index in [0.29, 0.717) is 18.1 Å². The summed E-state index contributed by atoms with van der Waals surface area (Å²) in [7, 11) is 0. The molecule has 2 aromatic heterocycles. The van der Waals surface area contributed by atoms with Gasteiger partial charge in [-0.15, -0.1) is 5.10 Å². The molecule has 1 fully saturated rings. The highest BCUT2D eigenvalue weighted by Crippen LogP contribution is 2.26. The third-order valence-electron chi connectivity index (χ3n) is 5.66. The molecule has 146 valence electrons. The number of hydrogen-bond acceptors (Lipinski definition) is 4. The summed E-state index contributed by atoms with van der Waals surface area (Å²) in [6.45, 7) is 1.33. The normalized spacial score (nSPS) is 17.1. The van der Waals surface area contributed by atoms with Gasteiger partial charge in [0, 0.05) is 24.4 Å². The minimum absolute atomic E-state index is 0.0592. The van der Waals surface area contributed by atoms with Gasteiger partial charge in [0.25, 0.3) is 0 Å². The first kappa shape index (κ1) is 17.6. The van der Waals surface area contributed by atoms with Gasteiger partial charge in [0.15, 0.2) is 5.65 Å². The lowest BCUT2D eigenvalue weighted by Crippen LogP contribution is -2.42. The Labute approximate surface area is 167 Å². The van der Waals surface area contributed by atoms with Crippen molar-refractivity contribution in [2.45, 2.75) is 25.3 Å². The summed E-state index contributed by atoms with van der Waals surface area (Å²) in [5.41, 5.74) is 2.20. The maximum absolute atomic E-state index is 12.9. The van der Waals surface area contributed by atoms with E-state index in [-0.39, 0.29) is 18.1 Å². The van der Waals surface area contributed by atoms with Crippen molar-refractivity contribution >= 4 is 22.5 Å². The van der Waals surface area contributed by atoms with Gasteiger partial charge in [0.1, 0.15) is 12.9 Å². The first-order valence-electron chi connectivity index (χ1n) is 9.86. The Morgan fingerprint density at radius 2 is 1.86 bits per heavy atom. The fourth-order valence-electron chi connectivity index (χ4n) is 4.14. The van der Waals surface area contributed by atoms with Crippen molar-refractivity contribution in [1.82, 2.24) is 24.1 Å². The standard InChI is InChI=1S/C22H21N5O2/c28-20(25-12-6-9-17(13-25)16-7-2-1-3-8-16)14-27-22(29)26-15-23-19-11-5-4-10-18(19)21(26)24-27/h1-5,7-8,10-11,15,17H,6,9,12-14H2/t17-/m0/s1. The second kappa shape index (κ2) is 7.16. The van der Waals surface area contributed by atoms with Crippen molar-refractivity contribution in [2.24, 2.45) is 0 Å². The fraction of sp³-hybridized carbons (Fsp3) is 0.273. The monoisotopic (exact) mass is 387 g/mol. The molecule has 7 nitrogen and oxygen atoms in total. The lowest BCUT2D eigenvalue weighted by Gasteiger charge is -2.33. The summed E-state index contributed by atoms with van der Waals surface area (Å²) in [5, 5.41) is 5.22. The van der Waals surface area contributed by atoms with Gasteiger partial charge in [-0.2, -0.15) is 0 Å². The number of benzene rings is 2. The summed E-state index contributed by atoms with van der Waals surface area (Å²) in [6, 6.07) is 17.8. The summed E-state index contributed by atoms with van der Waals surface area (Å²) in [6.07, 6.45) is 3.50. The molecular weight excluding hydrogens is 366 g/mol. The molecule has 1 aliphatic heterocycles. The third-order valence-corrected chi connectivity index (χ3v) is 5.66. The Morgan fingerprint density at radius 1 is 1.07 bits per heavy atom. The van der Waals surface area contributed by atoms with E-state index in [0.717, 1.165) is 30.3 Å². The molecule has 1 aliphatic rings. The molecule has 2 aromatic carbocycles. The van der Waals surface area contributed by atoms with Gasteiger partial charge in [-0.05, 0) is 30.5 Å². The van der Waals surface area contributed by atoms with Crippen molar-refractivity contribution in [3.8, 4) is 0 Å². The molecule has 29 heavy (non-hydrogen) atoms. The summed E-state index contributed by atoms with van der Waals surface area (Å²) < 4.78 is 2.65. The van der Waals surface area contributed by atoms with E-state index in [1.54, 1.807) is 0 Å². The maximum atomic E-state index is 12.9. The van der Waals surface area contributed by atoms with Crippen molar-refractivity contribution in [2.75, 3.05) is 13.1 Å². The highest BCUT2D eigenvalue weighted by atomic mass is 16.2. The fourth-order valence-corrected chi connectivity index (χ4v) is 4.14. The van der Waals surface area contributed by atoms with E-state index in [9.17, 15) is 9.59 Å². The molecule has 0 saturated carbocycles. The number of aromatic nitrogens is 4. The van der Waals surface area contributed by atoms with E-state index >= 15 is 0 Å². The zero-order valence-corrected chi connectivity index (χ0v) is 15.9. The summed E-state index contributed by atoms with van der Waals surface area (Å²) in [5.74, 6) is 0.258. The van der Waals surface area contributed by atoms with Crippen LogP contribution in [-0.4, -0.2) is 43.1 Å². The van der Waals surface area contributed by atoms with Crippen molar-refractivity contribution < 1.29 is 4.79 Å². The Bertz CT molecular complexity index is 1240. The highest BCUT2D eigenvalue weighted by Gasteiger charge is 2.25. The molecule has 0 bridgehead atoms. The van der Waals surface area contributed by atoms with Crippen molar-refractivity contribution in [1.29, 1.82) is 0 Å². The predicted molar refractivity (Wildman–Crippen MR) is 110 cm³/mol. The quantitative estimate of drug-likeness (QED) is 0.541. The number of likely N-dealkylation sites (tertiary alicyclic amines) is 1. The molecule has 1 atom stereocenters. The highest BCUT2D eigenvalue weighted by molar-refractivity contribution is 5.90. The van der Waals surface area contributed by atoms with Crippen LogP contribution in [0.1, 0.15) is 24.3 Å². The van der Waals surface area contributed by atoms with Crippen LogP contribution >= 0.6 is 0 Å². The molecule has 3 heterocycles. The number of fused-ring (bicyclic) bond motifs is 3. The molecule has 4 aromatic rings.